The van der Waals surface area contributed by atoms with Gasteiger partial charge in [-0.3, -0.25) is 0 Å². The molecule has 0 saturated carbocycles. The number of anilines is 1. The second-order valence-electron chi connectivity index (χ2n) is 6.21. The number of para-hydroxylation sites is 1. The molecule has 0 bridgehead atoms. The summed E-state index contributed by atoms with van der Waals surface area (Å²) in [6.07, 6.45) is 2.79. The van der Waals surface area contributed by atoms with Crippen LogP contribution in [0.2, 0.25) is 0 Å². The number of nitrogens with zero attached hydrogens (tertiary/aromatic N) is 3. The second-order valence-corrected chi connectivity index (χ2v) is 6.21. The lowest BCUT2D eigenvalue weighted by Crippen LogP contribution is -2.22. The van der Waals surface area contributed by atoms with Gasteiger partial charge in [0, 0.05) is 36.8 Å². The minimum absolute atomic E-state index is 0.703. The standard InChI is InChI=1S/C22H27N3O/c1-4-25(5-2)21-12-11-19(16-23-21)22-18(13-14-26-6-3)15-17-9-7-8-10-20(17)24-22/h7-12,15-16H,4-6,13-14H2,1-3H3. The van der Waals surface area contributed by atoms with Gasteiger partial charge in [0.15, 0.2) is 0 Å². The topological polar surface area (TPSA) is 38.2 Å². The fourth-order valence-corrected chi connectivity index (χ4v) is 3.19. The van der Waals surface area contributed by atoms with Crippen molar-refractivity contribution in [2.45, 2.75) is 27.2 Å². The van der Waals surface area contributed by atoms with Crippen LogP contribution in [0, 0.1) is 0 Å². The third kappa shape index (κ3) is 4.02. The molecular formula is C22H27N3O. The molecule has 0 unspecified atom stereocenters. The van der Waals surface area contributed by atoms with Crippen molar-refractivity contribution >= 4 is 16.7 Å². The van der Waals surface area contributed by atoms with E-state index in [4.69, 9.17) is 9.72 Å². The summed E-state index contributed by atoms with van der Waals surface area (Å²) in [7, 11) is 0. The van der Waals surface area contributed by atoms with Gasteiger partial charge in [-0.25, -0.2) is 9.97 Å². The average molecular weight is 349 g/mol. The summed E-state index contributed by atoms with van der Waals surface area (Å²) < 4.78 is 5.57. The summed E-state index contributed by atoms with van der Waals surface area (Å²) in [6.45, 7) is 9.67. The van der Waals surface area contributed by atoms with Crippen molar-refractivity contribution in [1.82, 2.24) is 9.97 Å². The van der Waals surface area contributed by atoms with Gasteiger partial charge in [0.25, 0.3) is 0 Å². The first kappa shape index (κ1) is 18.3. The summed E-state index contributed by atoms with van der Waals surface area (Å²) in [5, 5.41) is 1.16. The van der Waals surface area contributed by atoms with E-state index in [1.165, 1.54) is 5.56 Å². The SMILES string of the molecule is CCOCCc1cc2ccccc2nc1-c1ccc(N(CC)CC)nc1. The van der Waals surface area contributed by atoms with Gasteiger partial charge in [-0.2, -0.15) is 0 Å². The van der Waals surface area contributed by atoms with Gasteiger partial charge in [0.2, 0.25) is 0 Å². The van der Waals surface area contributed by atoms with Gasteiger partial charge in [0.1, 0.15) is 5.82 Å². The predicted octanol–water partition coefficient (Wildman–Crippen LogP) is 4.72. The Balaban J connectivity index is 1.99. The number of rotatable bonds is 8. The van der Waals surface area contributed by atoms with Crippen molar-refractivity contribution in [2.75, 3.05) is 31.2 Å². The van der Waals surface area contributed by atoms with Crippen LogP contribution in [0.1, 0.15) is 26.3 Å². The van der Waals surface area contributed by atoms with Crippen LogP contribution in [0.15, 0.2) is 48.7 Å². The number of aromatic nitrogens is 2. The number of pyridine rings is 2. The Labute approximate surface area is 155 Å². The Hall–Kier alpha value is -2.46. The lowest BCUT2D eigenvalue weighted by molar-refractivity contribution is 0.151. The van der Waals surface area contributed by atoms with Crippen molar-refractivity contribution in [3.8, 4) is 11.3 Å². The fraction of sp³-hybridized carbons (Fsp3) is 0.364. The number of hydrogen-bond acceptors (Lipinski definition) is 4. The molecule has 0 aliphatic rings. The van der Waals surface area contributed by atoms with E-state index in [2.05, 4.69) is 60.1 Å². The lowest BCUT2D eigenvalue weighted by Gasteiger charge is -2.20. The van der Waals surface area contributed by atoms with E-state index in [0.717, 1.165) is 54.1 Å². The van der Waals surface area contributed by atoms with Crippen molar-refractivity contribution in [3.05, 3.63) is 54.2 Å². The van der Waals surface area contributed by atoms with Crippen LogP contribution >= 0.6 is 0 Å². The number of benzene rings is 1. The van der Waals surface area contributed by atoms with Gasteiger partial charge in [-0.05, 0) is 57.0 Å². The fourth-order valence-electron chi connectivity index (χ4n) is 3.19. The van der Waals surface area contributed by atoms with E-state index in [-0.39, 0.29) is 0 Å². The molecule has 136 valence electrons. The zero-order valence-corrected chi connectivity index (χ0v) is 15.9. The zero-order chi connectivity index (χ0) is 18.4. The molecule has 0 N–H and O–H groups in total. The summed E-state index contributed by atoms with van der Waals surface area (Å²) in [4.78, 5) is 11.8. The van der Waals surface area contributed by atoms with Gasteiger partial charge in [0.05, 0.1) is 17.8 Å². The molecule has 3 rings (SSSR count). The van der Waals surface area contributed by atoms with Gasteiger partial charge in [-0.1, -0.05) is 18.2 Å². The number of fused-ring (bicyclic) bond motifs is 1. The average Bonchev–Trinajstić information content (AvgIpc) is 2.69. The Morgan fingerprint density at radius 2 is 1.81 bits per heavy atom. The maximum Gasteiger partial charge on any atom is 0.128 e. The molecule has 0 atom stereocenters. The molecular weight excluding hydrogens is 322 g/mol. The van der Waals surface area contributed by atoms with Crippen LogP contribution in [0.4, 0.5) is 5.82 Å². The van der Waals surface area contributed by atoms with Crippen LogP contribution in [-0.2, 0) is 11.2 Å². The van der Waals surface area contributed by atoms with Gasteiger partial charge >= 0.3 is 0 Å². The summed E-state index contributed by atoms with van der Waals surface area (Å²) in [6, 6.07) is 14.7. The Kier molecular flexibility index (Phi) is 6.18. The maximum atomic E-state index is 5.57. The first-order valence-corrected chi connectivity index (χ1v) is 9.44. The normalized spacial score (nSPS) is 11.0. The van der Waals surface area contributed by atoms with E-state index in [1.54, 1.807) is 0 Å². The first-order chi connectivity index (χ1) is 12.8. The maximum absolute atomic E-state index is 5.57. The predicted molar refractivity (Wildman–Crippen MR) is 109 cm³/mol. The summed E-state index contributed by atoms with van der Waals surface area (Å²) in [5.41, 5.74) is 4.27. The highest BCUT2D eigenvalue weighted by molar-refractivity contribution is 5.83. The monoisotopic (exact) mass is 349 g/mol. The minimum Gasteiger partial charge on any atom is -0.381 e. The van der Waals surface area contributed by atoms with Crippen molar-refractivity contribution in [1.29, 1.82) is 0 Å². The first-order valence-electron chi connectivity index (χ1n) is 9.44. The van der Waals surface area contributed by atoms with E-state index < -0.39 is 0 Å². The molecule has 2 heterocycles. The number of hydrogen-bond donors (Lipinski definition) is 0. The Morgan fingerprint density at radius 3 is 2.50 bits per heavy atom. The molecule has 0 aliphatic carbocycles. The quantitative estimate of drug-likeness (QED) is 0.552. The van der Waals surface area contributed by atoms with Crippen LogP contribution < -0.4 is 4.90 Å². The molecule has 26 heavy (non-hydrogen) atoms. The van der Waals surface area contributed by atoms with Gasteiger partial charge < -0.3 is 9.64 Å². The molecule has 0 radical (unpaired) electrons. The second kappa shape index (κ2) is 8.77. The largest absolute Gasteiger partial charge is 0.381 e. The molecule has 0 spiro atoms. The molecule has 4 nitrogen and oxygen atoms in total. The number of ether oxygens (including phenoxy) is 1. The highest BCUT2D eigenvalue weighted by Crippen LogP contribution is 2.27. The zero-order valence-electron chi connectivity index (χ0n) is 15.9. The minimum atomic E-state index is 0.703. The molecule has 2 aromatic heterocycles. The van der Waals surface area contributed by atoms with E-state index in [0.29, 0.717) is 6.61 Å². The van der Waals surface area contributed by atoms with Crippen molar-refractivity contribution in [3.63, 3.8) is 0 Å². The smallest absolute Gasteiger partial charge is 0.128 e. The summed E-state index contributed by atoms with van der Waals surface area (Å²) >= 11 is 0. The van der Waals surface area contributed by atoms with Crippen LogP contribution in [0.25, 0.3) is 22.2 Å². The van der Waals surface area contributed by atoms with E-state index >= 15 is 0 Å². The molecule has 0 aliphatic heterocycles. The van der Waals surface area contributed by atoms with Crippen molar-refractivity contribution in [2.24, 2.45) is 0 Å². The van der Waals surface area contributed by atoms with Crippen LogP contribution in [0.3, 0.4) is 0 Å². The third-order valence-corrected chi connectivity index (χ3v) is 4.63. The summed E-state index contributed by atoms with van der Waals surface area (Å²) in [5.74, 6) is 1.01. The molecule has 0 amide bonds. The highest BCUT2D eigenvalue weighted by atomic mass is 16.5. The third-order valence-electron chi connectivity index (χ3n) is 4.63. The molecule has 3 aromatic rings. The Bertz CT molecular complexity index is 842. The Morgan fingerprint density at radius 1 is 1.00 bits per heavy atom. The van der Waals surface area contributed by atoms with Crippen LogP contribution in [0.5, 0.6) is 0 Å². The molecule has 0 saturated heterocycles. The lowest BCUT2D eigenvalue weighted by atomic mass is 10.0. The van der Waals surface area contributed by atoms with E-state index in [9.17, 15) is 0 Å². The molecule has 4 heteroatoms. The van der Waals surface area contributed by atoms with Crippen molar-refractivity contribution < 1.29 is 4.74 Å². The van der Waals surface area contributed by atoms with Crippen LogP contribution in [-0.4, -0.2) is 36.3 Å². The van der Waals surface area contributed by atoms with E-state index in [1.807, 2.05) is 19.2 Å². The highest BCUT2D eigenvalue weighted by Gasteiger charge is 2.11. The molecule has 0 fully saturated rings. The molecule has 1 aromatic carbocycles. The van der Waals surface area contributed by atoms with Gasteiger partial charge in [-0.15, -0.1) is 0 Å².